The lowest BCUT2D eigenvalue weighted by atomic mass is 9.94. The van der Waals surface area contributed by atoms with Crippen LogP contribution in [0.1, 0.15) is 42.5 Å². The van der Waals surface area contributed by atoms with Gasteiger partial charge in [-0.05, 0) is 25.0 Å². The SMILES string of the molecule is COC(=O)[C@@H]1CCCCC[C@@H]1NC(=O)c1cccnc1. The molecule has 1 aliphatic carbocycles. The van der Waals surface area contributed by atoms with E-state index in [9.17, 15) is 9.59 Å². The Kier molecular flexibility index (Phi) is 5.09. The van der Waals surface area contributed by atoms with Crippen molar-refractivity contribution in [1.29, 1.82) is 0 Å². The lowest BCUT2D eigenvalue weighted by Gasteiger charge is -2.24. The molecule has 108 valence electrons. The van der Waals surface area contributed by atoms with Crippen molar-refractivity contribution in [3.8, 4) is 0 Å². The van der Waals surface area contributed by atoms with Crippen molar-refractivity contribution >= 4 is 11.9 Å². The summed E-state index contributed by atoms with van der Waals surface area (Å²) in [7, 11) is 1.40. The molecule has 1 fully saturated rings. The van der Waals surface area contributed by atoms with Gasteiger partial charge in [-0.25, -0.2) is 0 Å². The van der Waals surface area contributed by atoms with E-state index in [1.165, 1.54) is 13.3 Å². The number of rotatable bonds is 3. The maximum Gasteiger partial charge on any atom is 0.310 e. The molecule has 1 N–H and O–H groups in total. The minimum Gasteiger partial charge on any atom is -0.469 e. The van der Waals surface area contributed by atoms with E-state index in [4.69, 9.17) is 4.74 Å². The minimum atomic E-state index is -0.247. The molecule has 0 bridgehead atoms. The van der Waals surface area contributed by atoms with Crippen molar-refractivity contribution in [2.75, 3.05) is 7.11 Å². The minimum absolute atomic E-state index is 0.155. The molecule has 5 heteroatoms. The first-order chi connectivity index (χ1) is 9.72. The molecule has 2 rings (SSSR count). The maximum absolute atomic E-state index is 12.2. The molecule has 1 amide bonds. The van der Waals surface area contributed by atoms with Gasteiger partial charge in [0.1, 0.15) is 0 Å². The zero-order valence-corrected chi connectivity index (χ0v) is 11.7. The van der Waals surface area contributed by atoms with Crippen LogP contribution in [0.4, 0.5) is 0 Å². The summed E-state index contributed by atoms with van der Waals surface area (Å²) in [5.41, 5.74) is 0.514. The predicted octanol–water partition coefficient (Wildman–Crippen LogP) is 1.93. The molecule has 0 spiro atoms. The van der Waals surface area contributed by atoms with Gasteiger partial charge in [-0.15, -0.1) is 0 Å². The smallest absolute Gasteiger partial charge is 0.310 e. The zero-order valence-electron chi connectivity index (χ0n) is 11.7. The fraction of sp³-hybridized carbons (Fsp3) is 0.533. The van der Waals surface area contributed by atoms with Gasteiger partial charge < -0.3 is 10.1 Å². The van der Waals surface area contributed by atoms with Crippen molar-refractivity contribution in [3.63, 3.8) is 0 Å². The van der Waals surface area contributed by atoms with E-state index in [0.29, 0.717) is 5.56 Å². The van der Waals surface area contributed by atoms with Gasteiger partial charge in [-0.1, -0.05) is 19.3 Å². The standard InChI is InChI=1S/C15H20N2O3/c1-20-15(19)12-7-3-2-4-8-13(12)17-14(18)11-6-5-9-16-10-11/h5-6,9-10,12-13H,2-4,7-8H2,1H3,(H,17,18)/t12-,13+/m1/s1. The van der Waals surface area contributed by atoms with Crippen LogP contribution < -0.4 is 5.32 Å². The van der Waals surface area contributed by atoms with Gasteiger partial charge >= 0.3 is 5.97 Å². The van der Waals surface area contributed by atoms with Gasteiger partial charge in [-0.3, -0.25) is 14.6 Å². The van der Waals surface area contributed by atoms with Gasteiger partial charge in [0.05, 0.1) is 18.6 Å². The maximum atomic E-state index is 12.2. The number of amides is 1. The van der Waals surface area contributed by atoms with Crippen LogP contribution in [0.15, 0.2) is 24.5 Å². The largest absolute Gasteiger partial charge is 0.469 e. The van der Waals surface area contributed by atoms with Crippen LogP contribution in [-0.4, -0.2) is 30.0 Å². The lowest BCUT2D eigenvalue weighted by molar-refractivity contribution is -0.146. The van der Waals surface area contributed by atoms with Crippen molar-refractivity contribution in [3.05, 3.63) is 30.1 Å². The van der Waals surface area contributed by atoms with Gasteiger partial charge in [0.2, 0.25) is 0 Å². The van der Waals surface area contributed by atoms with E-state index in [1.54, 1.807) is 18.3 Å². The van der Waals surface area contributed by atoms with Crippen molar-refractivity contribution in [1.82, 2.24) is 10.3 Å². The monoisotopic (exact) mass is 276 g/mol. The Hall–Kier alpha value is -1.91. The van der Waals surface area contributed by atoms with E-state index < -0.39 is 0 Å². The highest BCUT2D eigenvalue weighted by atomic mass is 16.5. The first kappa shape index (κ1) is 14.5. The molecule has 0 radical (unpaired) electrons. The third-order valence-corrected chi connectivity index (χ3v) is 3.76. The molecule has 1 saturated carbocycles. The van der Waals surface area contributed by atoms with E-state index in [-0.39, 0.29) is 23.8 Å². The van der Waals surface area contributed by atoms with Crippen LogP contribution in [-0.2, 0) is 9.53 Å². The zero-order chi connectivity index (χ0) is 14.4. The highest BCUT2D eigenvalue weighted by Crippen LogP contribution is 2.24. The quantitative estimate of drug-likeness (QED) is 0.676. The van der Waals surface area contributed by atoms with Crippen LogP contribution >= 0.6 is 0 Å². The number of carbonyl (C=O) groups excluding carboxylic acids is 2. The average Bonchev–Trinajstić information content (AvgIpc) is 2.73. The number of nitrogens with zero attached hydrogens (tertiary/aromatic N) is 1. The Morgan fingerprint density at radius 3 is 2.80 bits per heavy atom. The molecule has 0 unspecified atom stereocenters. The fourth-order valence-corrected chi connectivity index (χ4v) is 2.66. The summed E-state index contributed by atoms with van der Waals surface area (Å²) in [6.45, 7) is 0. The molecule has 2 atom stereocenters. The third kappa shape index (κ3) is 3.56. The number of esters is 1. The first-order valence-corrected chi connectivity index (χ1v) is 7.01. The number of carbonyl (C=O) groups is 2. The topological polar surface area (TPSA) is 68.3 Å². The van der Waals surface area contributed by atoms with E-state index in [2.05, 4.69) is 10.3 Å². The molecule has 20 heavy (non-hydrogen) atoms. The number of nitrogens with one attached hydrogen (secondary N) is 1. The van der Waals surface area contributed by atoms with Crippen LogP contribution in [0.25, 0.3) is 0 Å². The summed E-state index contributed by atoms with van der Waals surface area (Å²) >= 11 is 0. The number of hydrogen-bond donors (Lipinski definition) is 1. The summed E-state index contributed by atoms with van der Waals surface area (Å²) in [4.78, 5) is 28.0. The third-order valence-electron chi connectivity index (χ3n) is 3.76. The predicted molar refractivity (Wildman–Crippen MR) is 74.1 cm³/mol. The Morgan fingerprint density at radius 1 is 1.30 bits per heavy atom. The van der Waals surface area contributed by atoms with Crippen LogP contribution in [0.5, 0.6) is 0 Å². The summed E-state index contributed by atoms with van der Waals surface area (Å²) in [5.74, 6) is -0.662. The molecule has 1 aliphatic rings. The molecular weight excluding hydrogens is 256 g/mol. The fourth-order valence-electron chi connectivity index (χ4n) is 2.66. The number of methoxy groups -OCH3 is 1. The van der Waals surface area contributed by atoms with Crippen molar-refractivity contribution < 1.29 is 14.3 Å². The second-order valence-electron chi connectivity index (χ2n) is 5.09. The second-order valence-corrected chi connectivity index (χ2v) is 5.09. The van der Waals surface area contributed by atoms with Crippen molar-refractivity contribution in [2.24, 2.45) is 5.92 Å². The lowest BCUT2D eigenvalue weighted by Crippen LogP contribution is -2.43. The number of aromatic nitrogens is 1. The summed E-state index contributed by atoms with van der Waals surface area (Å²) in [5, 5.41) is 2.96. The van der Waals surface area contributed by atoms with E-state index in [0.717, 1.165) is 32.1 Å². The molecule has 0 aliphatic heterocycles. The first-order valence-electron chi connectivity index (χ1n) is 7.01. The molecule has 5 nitrogen and oxygen atoms in total. The molecule has 1 aromatic heterocycles. The van der Waals surface area contributed by atoms with Crippen LogP contribution in [0.2, 0.25) is 0 Å². The number of pyridine rings is 1. The van der Waals surface area contributed by atoms with Gasteiger partial charge in [0, 0.05) is 18.4 Å². The summed E-state index contributed by atoms with van der Waals surface area (Å²) in [6.07, 6.45) is 7.84. The molecule has 1 aromatic rings. The number of ether oxygens (including phenoxy) is 1. The normalized spacial score (nSPS) is 22.6. The Balaban J connectivity index is 2.07. The summed E-state index contributed by atoms with van der Waals surface area (Å²) in [6, 6.07) is 3.28. The molecular formula is C15H20N2O3. The molecule has 0 aromatic carbocycles. The number of hydrogen-bond acceptors (Lipinski definition) is 4. The van der Waals surface area contributed by atoms with Crippen LogP contribution in [0, 0.1) is 5.92 Å². The second kappa shape index (κ2) is 7.03. The summed E-state index contributed by atoms with van der Waals surface area (Å²) < 4.78 is 4.86. The van der Waals surface area contributed by atoms with Gasteiger partial charge in [-0.2, -0.15) is 0 Å². The Labute approximate surface area is 118 Å². The molecule has 0 saturated heterocycles. The molecule has 1 heterocycles. The Bertz CT molecular complexity index is 461. The Morgan fingerprint density at radius 2 is 2.10 bits per heavy atom. The van der Waals surface area contributed by atoms with Gasteiger partial charge in [0.25, 0.3) is 5.91 Å². The average molecular weight is 276 g/mol. The highest BCUT2D eigenvalue weighted by molar-refractivity contribution is 5.94. The van der Waals surface area contributed by atoms with Crippen LogP contribution in [0.3, 0.4) is 0 Å². The highest BCUT2D eigenvalue weighted by Gasteiger charge is 2.31. The van der Waals surface area contributed by atoms with E-state index in [1.807, 2.05) is 0 Å². The van der Waals surface area contributed by atoms with E-state index >= 15 is 0 Å². The van der Waals surface area contributed by atoms with Gasteiger partial charge in [0.15, 0.2) is 0 Å². The van der Waals surface area contributed by atoms with Crippen molar-refractivity contribution in [2.45, 2.75) is 38.1 Å².